The Hall–Kier alpha value is -2.15. The van der Waals surface area contributed by atoms with E-state index in [9.17, 15) is 4.79 Å². The second-order valence-corrected chi connectivity index (χ2v) is 5.97. The normalized spacial score (nSPS) is 20.8. The van der Waals surface area contributed by atoms with Gasteiger partial charge in [0.15, 0.2) is 0 Å². The summed E-state index contributed by atoms with van der Waals surface area (Å²) in [4.78, 5) is 12.4. The predicted octanol–water partition coefficient (Wildman–Crippen LogP) is 1.43. The molecule has 0 aromatic carbocycles. The number of ether oxygens (including phenoxy) is 1. The third kappa shape index (κ3) is 3.29. The number of H-pyrrole nitrogens is 1. The van der Waals surface area contributed by atoms with Gasteiger partial charge in [0, 0.05) is 36.2 Å². The fourth-order valence-electron chi connectivity index (χ4n) is 3.02. The first-order chi connectivity index (χ1) is 11.1. The van der Waals surface area contributed by atoms with Gasteiger partial charge in [-0.3, -0.25) is 14.6 Å². The highest BCUT2D eigenvalue weighted by Gasteiger charge is 2.32. The lowest BCUT2D eigenvalue weighted by atomic mass is 10.0. The van der Waals surface area contributed by atoms with Crippen LogP contribution in [0.5, 0.6) is 0 Å². The molecule has 2 N–H and O–H groups in total. The average molecular weight is 317 g/mol. The standard InChI is InChI=1S/C16H23N5O2/c1-4-21-9-12(8-17-21)16-14(5-6-23-16)18-15(22)7-13-10(2)19-20-11(13)3/h8-9,14,16H,4-7H2,1-3H3,(H,18,22)(H,19,20)/t14-,16+/m0/s1. The lowest BCUT2D eigenvalue weighted by Crippen LogP contribution is -2.37. The maximum atomic E-state index is 12.4. The summed E-state index contributed by atoms with van der Waals surface area (Å²) in [6, 6.07) is -0.00970. The van der Waals surface area contributed by atoms with Crippen LogP contribution in [0.2, 0.25) is 0 Å². The van der Waals surface area contributed by atoms with Gasteiger partial charge in [-0.25, -0.2) is 0 Å². The number of carbonyl (C=O) groups is 1. The van der Waals surface area contributed by atoms with Crippen LogP contribution in [-0.2, 0) is 22.5 Å². The highest BCUT2D eigenvalue weighted by Crippen LogP contribution is 2.29. The maximum Gasteiger partial charge on any atom is 0.224 e. The van der Waals surface area contributed by atoms with Gasteiger partial charge in [0.2, 0.25) is 5.91 Å². The highest BCUT2D eigenvalue weighted by molar-refractivity contribution is 5.79. The van der Waals surface area contributed by atoms with Crippen molar-refractivity contribution in [3.8, 4) is 0 Å². The van der Waals surface area contributed by atoms with Crippen molar-refractivity contribution in [2.24, 2.45) is 0 Å². The molecule has 7 nitrogen and oxygen atoms in total. The van der Waals surface area contributed by atoms with Crippen molar-refractivity contribution in [2.45, 2.75) is 52.3 Å². The number of rotatable bonds is 5. The van der Waals surface area contributed by atoms with Gasteiger partial charge in [-0.05, 0) is 27.2 Å². The number of amides is 1. The highest BCUT2D eigenvalue weighted by atomic mass is 16.5. The molecule has 3 heterocycles. The van der Waals surface area contributed by atoms with Crippen LogP contribution in [0.3, 0.4) is 0 Å². The Morgan fingerprint density at radius 2 is 2.35 bits per heavy atom. The van der Waals surface area contributed by atoms with Crippen molar-refractivity contribution >= 4 is 5.91 Å². The Bertz CT molecular complexity index is 671. The lowest BCUT2D eigenvalue weighted by molar-refractivity contribution is -0.121. The van der Waals surface area contributed by atoms with E-state index in [1.54, 1.807) is 0 Å². The molecule has 124 valence electrons. The third-order valence-corrected chi connectivity index (χ3v) is 4.36. The van der Waals surface area contributed by atoms with E-state index in [2.05, 4.69) is 20.6 Å². The first-order valence-electron chi connectivity index (χ1n) is 8.02. The monoisotopic (exact) mass is 317 g/mol. The van der Waals surface area contributed by atoms with Crippen LogP contribution >= 0.6 is 0 Å². The molecule has 1 fully saturated rings. The first-order valence-corrected chi connectivity index (χ1v) is 8.02. The smallest absolute Gasteiger partial charge is 0.224 e. The number of aromatic nitrogens is 4. The van der Waals surface area contributed by atoms with Crippen LogP contribution < -0.4 is 5.32 Å². The fourth-order valence-corrected chi connectivity index (χ4v) is 3.02. The van der Waals surface area contributed by atoms with E-state index in [4.69, 9.17) is 4.74 Å². The summed E-state index contributed by atoms with van der Waals surface area (Å²) in [6.45, 7) is 7.36. The predicted molar refractivity (Wildman–Crippen MR) is 84.9 cm³/mol. The fraction of sp³-hybridized carbons (Fsp3) is 0.562. The number of nitrogens with one attached hydrogen (secondary N) is 2. The Morgan fingerprint density at radius 1 is 1.52 bits per heavy atom. The Balaban J connectivity index is 1.65. The molecule has 1 saturated heterocycles. The van der Waals surface area contributed by atoms with E-state index >= 15 is 0 Å². The molecule has 1 amide bonds. The van der Waals surface area contributed by atoms with Gasteiger partial charge < -0.3 is 10.1 Å². The van der Waals surface area contributed by atoms with E-state index < -0.39 is 0 Å². The largest absolute Gasteiger partial charge is 0.371 e. The minimum atomic E-state index is -0.120. The molecule has 7 heteroatoms. The minimum Gasteiger partial charge on any atom is -0.371 e. The average Bonchev–Trinajstić information content (AvgIpc) is 3.23. The van der Waals surface area contributed by atoms with Gasteiger partial charge in [0.1, 0.15) is 6.10 Å². The second kappa shape index (κ2) is 6.54. The molecule has 2 aromatic rings. The van der Waals surface area contributed by atoms with Gasteiger partial charge in [0.05, 0.1) is 24.4 Å². The van der Waals surface area contributed by atoms with Crippen LogP contribution in [-0.4, -0.2) is 38.5 Å². The molecule has 0 radical (unpaired) electrons. The third-order valence-electron chi connectivity index (χ3n) is 4.36. The SMILES string of the molecule is CCn1cc([C@H]2OCC[C@@H]2NC(=O)Cc2c(C)n[nH]c2C)cn1. The lowest BCUT2D eigenvalue weighted by Gasteiger charge is -2.19. The van der Waals surface area contributed by atoms with E-state index in [0.717, 1.165) is 35.5 Å². The van der Waals surface area contributed by atoms with Gasteiger partial charge in [-0.2, -0.15) is 10.2 Å². The van der Waals surface area contributed by atoms with E-state index in [-0.39, 0.29) is 18.1 Å². The number of hydrogen-bond acceptors (Lipinski definition) is 4. The molecule has 2 aromatic heterocycles. The minimum absolute atomic E-state index is 0.000911. The molecule has 0 bridgehead atoms. The zero-order valence-electron chi connectivity index (χ0n) is 13.8. The molecule has 2 atom stereocenters. The quantitative estimate of drug-likeness (QED) is 0.874. The summed E-state index contributed by atoms with van der Waals surface area (Å²) in [5.74, 6) is 0.000911. The maximum absolute atomic E-state index is 12.4. The van der Waals surface area contributed by atoms with Gasteiger partial charge in [-0.15, -0.1) is 0 Å². The molecule has 1 aliphatic heterocycles. The van der Waals surface area contributed by atoms with Crippen molar-refractivity contribution in [2.75, 3.05) is 6.61 Å². The molecule has 0 unspecified atom stereocenters. The zero-order chi connectivity index (χ0) is 16.4. The van der Waals surface area contributed by atoms with Crippen molar-refractivity contribution in [3.63, 3.8) is 0 Å². The summed E-state index contributed by atoms with van der Waals surface area (Å²) in [6.07, 6.45) is 4.84. The number of aromatic amines is 1. The first kappa shape index (κ1) is 15.7. The van der Waals surface area contributed by atoms with Gasteiger partial charge >= 0.3 is 0 Å². The van der Waals surface area contributed by atoms with Crippen molar-refractivity contribution in [1.82, 2.24) is 25.3 Å². The Morgan fingerprint density at radius 3 is 3.00 bits per heavy atom. The molecular formula is C16H23N5O2. The van der Waals surface area contributed by atoms with Crippen LogP contribution in [0.1, 0.15) is 42.0 Å². The molecule has 3 rings (SSSR count). The van der Waals surface area contributed by atoms with E-state index in [1.165, 1.54) is 0 Å². The topological polar surface area (TPSA) is 84.8 Å². The summed E-state index contributed by atoms with van der Waals surface area (Å²) < 4.78 is 7.68. The van der Waals surface area contributed by atoms with Crippen LogP contribution in [0.15, 0.2) is 12.4 Å². The molecular weight excluding hydrogens is 294 g/mol. The summed E-state index contributed by atoms with van der Waals surface area (Å²) >= 11 is 0. The van der Waals surface area contributed by atoms with Crippen LogP contribution in [0.25, 0.3) is 0 Å². The molecule has 0 aliphatic carbocycles. The van der Waals surface area contributed by atoms with Crippen molar-refractivity contribution in [1.29, 1.82) is 0 Å². The van der Waals surface area contributed by atoms with Crippen molar-refractivity contribution in [3.05, 3.63) is 34.9 Å². The Kier molecular flexibility index (Phi) is 4.47. The molecule has 0 spiro atoms. The van der Waals surface area contributed by atoms with Gasteiger partial charge in [0.25, 0.3) is 0 Å². The molecule has 1 aliphatic rings. The van der Waals surface area contributed by atoms with E-state index in [0.29, 0.717) is 13.0 Å². The summed E-state index contributed by atoms with van der Waals surface area (Å²) in [5, 5.41) is 14.4. The number of hydrogen-bond donors (Lipinski definition) is 2. The van der Waals surface area contributed by atoms with E-state index in [1.807, 2.05) is 37.8 Å². The van der Waals surface area contributed by atoms with Crippen LogP contribution in [0.4, 0.5) is 0 Å². The number of aryl methyl sites for hydroxylation is 3. The Labute approximate surface area is 135 Å². The van der Waals surface area contributed by atoms with Crippen molar-refractivity contribution < 1.29 is 9.53 Å². The second-order valence-electron chi connectivity index (χ2n) is 5.97. The zero-order valence-corrected chi connectivity index (χ0v) is 13.8. The number of carbonyl (C=O) groups excluding carboxylic acids is 1. The number of nitrogens with zero attached hydrogens (tertiary/aromatic N) is 3. The van der Waals surface area contributed by atoms with Gasteiger partial charge in [-0.1, -0.05) is 0 Å². The summed E-state index contributed by atoms with van der Waals surface area (Å²) in [7, 11) is 0. The van der Waals surface area contributed by atoms with Crippen LogP contribution in [0, 0.1) is 13.8 Å². The molecule has 23 heavy (non-hydrogen) atoms. The molecule has 0 saturated carbocycles. The summed E-state index contributed by atoms with van der Waals surface area (Å²) in [5.41, 5.74) is 3.81.